The van der Waals surface area contributed by atoms with E-state index in [1.165, 1.54) is 5.56 Å². The minimum absolute atomic E-state index is 0.0196. The lowest BCUT2D eigenvalue weighted by molar-refractivity contribution is 0.410. The van der Waals surface area contributed by atoms with Gasteiger partial charge in [-0.05, 0) is 26.0 Å². The van der Waals surface area contributed by atoms with Crippen molar-refractivity contribution in [3.63, 3.8) is 0 Å². The van der Waals surface area contributed by atoms with E-state index in [9.17, 15) is 4.79 Å². The highest BCUT2D eigenvalue weighted by atomic mass is 16.5. The Morgan fingerprint density at radius 3 is 2.75 bits per heavy atom. The first kappa shape index (κ1) is 14.2. The third-order valence-corrected chi connectivity index (χ3v) is 3.24. The molecule has 20 heavy (non-hydrogen) atoms. The van der Waals surface area contributed by atoms with Crippen molar-refractivity contribution >= 4 is 5.69 Å². The van der Waals surface area contributed by atoms with E-state index in [2.05, 4.69) is 18.3 Å². The molecule has 2 rings (SSSR count). The van der Waals surface area contributed by atoms with Crippen molar-refractivity contribution in [2.45, 2.75) is 26.9 Å². The Bertz CT molecular complexity index is 647. The van der Waals surface area contributed by atoms with Crippen LogP contribution in [-0.4, -0.2) is 11.7 Å². The number of anilines is 1. The van der Waals surface area contributed by atoms with Crippen molar-refractivity contribution in [3.8, 4) is 5.75 Å². The van der Waals surface area contributed by atoms with Crippen LogP contribution >= 0.6 is 0 Å². The molecule has 1 N–H and O–H groups in total. The summed E-state index contributed by atoms with van der Waals surface area (Å²) in [5, 5.41) is 3.33. The maximum atomic E-state index is 11.5. The molecule has 1 heterocycles. The Morgan fingerprint density at radius 2 is 2.05 bits per heavy atom. The Labute approximate surface area is 119 Å². The topological polar surface area (TPSA) is 43.3 Å². The molecule has 0 spiro atoms. The number of aromatic nitrogens is 1. The molecule has 0 aliphatic heterocycles. The highest BCUT2D eigenvalue weighted by Crippen LogP contribution is 2.20. The summed E-state index contributed by atoms with van der Waals surface area (Å²) in [7, 11) is 1.67. The van der Waals surface area contributed by atoms with Crippen LogP contribution in [0, 0.1) is 6.92 Å². The molecule has 0 atom stereocenters. The molecule has 1 aromatic carbocycles. The summed E-state index contributed by atoms with van der Waals surface area (Å²) >= 11 is 0. The fourth-order valence-electron chi connectivity index (χ4n) is 2.13. The van der Waals surface area contributed by atoms with Crippen molar-refractivity contribution in [3.05, 3.63) is 58.0 Å². The van der Waals surface area contributed by atoms with Crippen LogP contribution in [-0.2, 0) is 13.1 Å². The summed E-state index contributed by atoms with van der Waals surface area (Å²) < 4.78 is 7.03. The Balaban J connectivity index is 2.16. The number of aryl methyl sites for hydroxylation is 2. The van der Waals surface area contributed by atoms with Gasteiger partial charge in [0.1, 0.15) is 5.75 Å². The maximum absolute atomic E-state index is 11.5. The summed E-state index contributed by atoms with van der Waals surface area (Å²) in [5.41, 5.74) is 3.24. The summed E-state index contributed by atoms with van der Waals surface area (Å²) in [6.45, 7) is 5.34. The molecule has 0 aliphatic rings. The molecule has 106 valence electrons. The molecule has 0 unspecified atom stereocenters. The zero-order valence-electron chi connectivity index (χ0n) is 12.1. The zero-order valence-corrected chi connectivity index (χ0v) is 12.1. The average molecular weight is 272 g/mol. The molecule has 4 nitrogen and oxygen atoms in total. The summed E-state index contributed by atoms with van der Waals surface area (Å²) in [6, 6.07) is 9.48. The van der Waals surface area contributed by atoms with Crippen molar-refractivity contribution in [1.82, 2.24) is 4.57 Å². The van der Waals surface area contributed by atoms with Crippen LogP contribution in [0.15, 0.2) is 41.3 Å². The number of methoxy groups -OCH3 is 1. The van der Waals surface area contributed by atoms with Crippen LogP contribution in [0.25, 0.3) is 0 Å². The van der Waals surface area contributed by atoms with Crippen LogP contribution in [0.5, 0.6) is 5.75 Å². The molecule has 2 aromatic rings. The molecule has 0 aliphatic carbocycles. The van der Waals surface area contributed by atoms with Gasteiger partial charge in [-0.3, -0.25) is 4.79 Å². The fraction of sp³-hybridized carbons (Fsp3) is 0.312. The first-order valence-electron chi connectivity index (χ1n) is 6.72. The second kappa shape index (κ2) is 6.28. The lowest BCUT2D eigenvalue weighted by atomic mass is 10.1. The summed E-state index contributed by atoms with van der Waals surface area (Å²) in [4.78, 5) is 11.5. The minimum Gasteiger partial charge on any atom is -0.496 e. The van der Waals surface area contributed by atoms with Crippen molar-refractivity contribution in [2.75, 3.05) is 12.4 Å². The highest BCUT2D eigenvalue weighted by Gasteiger charge is 2.03. The van der Waals surface area contributed by atoms with Gasteiger partial charge in [-0.1, -0.05) is 17.7 Å². The average Bonchev–Trinajstić information content (AvgIpc) is 2.46. The van der Waals surface area contributed by atoms with Crippen LogP contribution in [0.4, 0.5) is 5.69 Å². The maximum Gasteiger partial charge on any atom is 0.250 e. The normalized spacial score (nSPS) is 10.3. The van der Waals surface area contributed by atoms with Gasteiger partial charge in [0.2, 0.25) is 0 Å². The third-order valence-electron chi connectivity index (χ3n) is 3.24. The van der Waals surface area contributed by atoms with Gasteiger partial charge in [0.15, 0.2) is 0 Å². The second-order valence-electron chi connectivity index (χ2n) is 4.71. The number of hydrogen-bond donors (Lipinski definition) is 1. The largest absolute Gasteiger partial charge is 0.496 e. The van der Waals surface area contributed by atoms with Gasteiger partial charge in [-0.25, -0.2) is 0 Å². The molecule has 0 radical (unpaired) electrons. The number of rotatable bonds is 5. The standard InChI is InChI=1S/C16H20N2O2/c1-4-18-11-14(6-8-16(18)19)17-10-13-9-12(2)5-7-15(13)20-3/h5-9,11,17H,4,10H2,1-3H3. The molecule has 0 amide bonds. The lowest BCUT2D eigenvalue weighted by Crippen LogP contribution is -2.17. The fourth-order valence-corrected chi connectivity index (χ4v) is 2.13. The monoisotopic (exact) mass is 272 g/mol. The Morgan fingerprint density at radius 1 is 1.25 bits per heavy atom. The van der Waals surface area contributed by atoms with Crippen LogP contribution in [0.2, 0.25) is 0 Å². The number of nitrogens with zero attached hydrogens (tertiary/aromatic N) is 1. The van der Waals surface area contributed by atoms with Crippen LogP contribution < -0.4 is 15.6 Å². The predicted molar refractivity (Wildman–Crippen MR) is 81.4 cm³/mol. The summed E-state index contributed by atoms with van der Waals surface area (Å²) in [6.07, 6.45) is 1.84. The van der Waals surface area contributed by atoms with Crippen LogP contribution in [0.1, 0.15) is 18.1 Å². The second-order valence-corrected chi connectivity index (χ2v) is 4.71. The first-order valence-corrected chi connectivity index (χ1v) is 6.72. The molecular weight excluding hydrogens is 252 g/mol. The SMILES string of the molecule is CCn1cc(NCc2cc(C)ccc2OC)ccc1=O. The summed E-state index contributed by atoms with van der Waals surface area (Å²) in [5.74, 6) is 0.868. The van der Waals surface area contributed by atoms with Gasteiger partial charge in [-0.2, -0.15) is 0 Å². The van der Waals surface area contributed by atoms with E-state index < -0.39 is 0 Å². The lowest BCUT2D eigenvalue weighted by Gasteiger charge is -2.12. The van der Waals surface area contributed by atoms with Gasteiger partial charge in [0, 0.05) is 30.9 Å². The van der Waals surface area contributed by atoms with E-state index in [0.717, 1.165) is 17.0 Å². The van der Waals surface area contributed by atoms with Crippen molar-refractivity contribution in [2.24, 2.45) is 0 Å². The Kier molecular flexibility index (Phi) is 4.45. The van der Waals surface area contributed by atoms with E-state index in [4.69, 9.17) is 4.74 Å². The van der Waals surface area contributed by atoms with Crippen LogP contribution in [0.3, 0.4) is 0 Å². The van der Waals surface area contributed by atoms with Gasteiger partial charge >= 0.3 is 0 Å². The predicted octanol–water partition coefficient (Wildman–Crippen LogP) is 2.80. The van der Waals surface area contributed by atoms with Crippen molar-refractivity contribution < 1.29 is 4.74 Å². The number of pyridine rings is 1. The van der Waals surface area contributed by atoms with E-state index >= 15 is 0 Å². The molecule has 0 saturated heterocycles. The molecule has 0 bridgehead atoms. The van der Waals surface area contributed by atoms with Crippen molar-refractivity contribution in [1.29, 1.82) is 0 Å². The molecule has 0 saturated carbocycles. The number of benzene rings is 1. The van der Waals surface area contributed by atoms with E-state index in [1.807, 2.05) is 25.3 Å². The van der Waals surface area contributed by atoms with Gasteiger partial charge < -0.3 is 14.6 Å². The Hall–Kier alpha value is -2.23. The van der Waals surface area contributed by atoms with E-state index in [0.29, 0.717) is 13.1 Å². The van der Waals surface area contributed by atoms with E-state index in [-0.39, 0.29) is 5.56 Å². The number of nitrogens with one attached hydrogen (secondary N) is 1. The third kappa shape index (κ3) is 3.20. The zero-order chi connectivity index (χ0) is 14.5. The molecule has 4 heteroatoms. The van der Waals surface area contributed by atoms with Gasteiger partial charge in [0.05, 0.1) is 12.8 Å². The van der Waals surface area contributed by atoms with Gasteiger partial charge in [-0.15, -0.1) is 0 Å². The quantitative estimate of drug-likeness (QED) is 0.910. The number of hydrogen-bond acceptors (Lipinski definition) is 3. The van der Waals surface area contributed by atoms with E-state index in [1.54, 1.807) is 23.8 Å². The number of ether oxygens (including phenoxy) is 1. The molecular formula is C16H20N2O2. The molecule has 1 aromatic heterocycles. The minimum atomic E-state index is 0.0196. The first-order chi connectivity index (χ1) is 9.63. The molecule has 0 fully saturated rings. The highest BCUT2D eigenvalue weighted by molar-refractivity contribution is 5.44. The smallest absolute Gasteiger partial charge is 0.250 e. The van der Waals surface area contributed by atoms with Gasteiger partial charge in [0.25, 0.3) is 5.56 Å².